The molecule has 1 aromatic carbocycles. The summed E-state index contributed by atoms with van der Waals surface area (Å²) in [6.07, 6.45) is 0.733. The summed E-state index contributed by atoms with van der Waals surface area (Å²) < 4.78 is 10.6. The van der Waals surface area contributed by atoms with Crippen LogP contribution in [0.2, 0.25) is 5.15 Å². The Balaban J connectivity index is 1.86. The van der Waals surface area contributed by atoms with Gasteiger partial charge >= 0.3 is 0 Å². The smallest absolute Gasteiger partial charge is 0.231 e. The number of halogens is 1. The quantitative estimate of drug-likeness (QED) is 0.874. The molecular weight excluding hydrogens is 266 g/mol. The van der Waals surface area contributed by atoms with E-state index in [1.807, 2.05) is 25.1 Å². The maximum absolute atomic E-state index is 5.95. The van der Waals surface area contributed by atoms with Gasteiger partial charge in [-0.2, -0.15) is 0 Å². The van der Waals surface area contributed by atoms with Crippen molar-refractivity contribution in [3.8, 4) is 11.5 Å². The third-order valence-electron chi connectivity index (χ3n) is 2.70. The van der Waals surface area contributed by atoms with Crippen molar-refractivity contribution in [2.75, 3.05) is 12.1 Å². The Labute approximate surface area is 115 Å². The molecule has 1 aliphatic rings. The van der Waals surface area contributed by atoms with Crippen molar-refractivity contribution < 1.29 is 9.47 Å². The summed E-state index contributed by atoms with van der Waals surface area (Å²) in [5, 5.41) is 3.60. The lowest BCUT2D eigenvalue weighted by Gasteiger charge is -2.08. The number of aryl methyl sites for hydroxylation is 1. The average Bonchev–Trinajstić information content (AvgIpc) is 2.85. The van der Waals surface area contributed by atoms with Gasteiger partial charge in [-0.25, -0.2) is 9.97 Å². The second-order valence-corrected chi connectivity index (χ2v) is 4.43. The molecule has 2 heterocycles. The third kappa shape index (κ3) is 2.56. The number of benzene rings is 1. The molecule has 1 N–H and O–H groups in total. The number of nitrogens with one attached hydrogen (secondary N) is 1. The molecule has 0 radical (unpaired) electrons. The molecule has 98 valence electrons. The van der Waals surface area contributed by atoms with Crippen LogP contribution in [0.5, 0.6) is 11.5 Å². The number of anilines is 2. The first-order valence-electron chi connectivity index (χ1n) is 5.95. The number of hydrogen-bond acceptors (Lipinski definition) is 5. The van der Waals surface area contributed by atoms with E-state index in [4.69, 9.17) is 21.1 Å². The fraction of sp³-hybridized carbons (Fsp3) is 0.231. The highest BCUT2D eigenvalue weighted by atomic mass is 35.5. The first kappa shape index (κ1) is 12.0. The summed E-state index contributed by atoms with van der Waals surface area (Å²) >= 11 is 5.95. The molecule has 0 unspecified atom stereocenters. The van der Waals surface area contributed by atoms with Crippen molar-refractivity contribution in [3.05, 3.63) is 35.2 Å². The van der Waals surface area contributed by atoms with Crippen LogP contribution in [0, 0.1) is 0 Å². The number of rotatable bonds is 3. The van der Waals surface area contributed by atoms with Gasteiger partial charge in [0.2, 0.25) is 6.79 Å². The lowest BCUT2D eigenvalue weighted by Crippen LogP contribution is -1.99. The second kappa shape index (κ2) is 4.93. The van der Waals surface area contributed by atoms with Gasteiger partial charge in [-0.15, -0.1) is 0 Å². The van der Waals surface area contributed by atoms with Gasteiger partial charge in [0.15, 0.2) is 11.5 Å². The van der Waals surface area contributed by atoms with Crippen LogP contribution in [0.15, 0.2) is 24.3 Å². The minimum Gasteiger partial charge on any atom is -0.454 e. The molecular formula is C13H12ClN3O2. The standard InChI is InChI=1S/C13H12ClN3O2/c1-2-12-16-11(14)6-13(17-12)15-8-3-4-9-10(5-8)19-7-18-9/h3-6H,2,7H2,1H3,(H,15,16,17). The lowest BCUT2D eigenvalue weighted by molar-refractivity contribution is 0.174. The third-order valence-corrected chi connectivity index (χ3v) is 2.90. The fourth-order valence-electron chi connectivity index (χ4n) is 1.81. The van der Waals surface area contributed by atoms with Gasteiger partial charge in [0, 0.05) is 24.2 Å². The molecule has 1 aromatic heterocycles. The predicted octanol–water partition coefficient (Wildman–Crippen LogP) is 3.16. The van der Waals surface area contributed by atoms with Gasteiger partial charge in [-0.1, -0.05) is 18.5 Å². The first-order valence-corrected chi connectivity index (χ1v) is 6.32. The molecule has 19 heavy (non-hydrogen) atoms. The second-order valence-electron chi connectivity index (χ2n) is 4.04. The monoisotopic (exact) mass is 277 g/mol. The van der Waals surface area contributed by atoms with Crippen molar-refractivity contribution in [1.29, 1.82) is 0 Å². The minimum absolute atomic E-state index is 0.262. The molecule has 0 amide bonds. The normalized spacial score (nSPS) is 12.5. The molecule has 0 spiro atoms. The molecule has 0 saturated heterocycles. The van der Waals surface area contributed by atoms with E-state index >= 15 is 0 Å². The zero-order valence-corrected chi connectivity index (χ0v) is 11.1. The summed E-state index contributed by atoms with van der Waals surface area (Å²) in [6, 6.07) is 7.30. The van der Waals surface area contributed by atoms with E-state index in [9.17, 15) is 0 Å². The van der Waals surface area contributed by atoms with Crippen molar-refractivity contribution in [3.63, 3.8) is 0 Å². The Morgan fingerprint density at radius 1 is 1.21 bits per heavy atom. The highest BCUT2D eigenvalue weighted by molar-refractivity contribution is 6.29. The zero-order valence-electron chi connectivity index (χ0n) is 10.3. The lowest BCUT2D eigenvalue weighted by atomic mass is 10.3. The van der Waals surface area contributed by atoms with Gasteiger partial charge in [-0.05, 0) is 12.1 Å². The Morgan fingerprint density at radius 2 is 2.05 bits per heavy atom. The molecule has 2 aromatic rings. The van der Waals surface area contributed by atoms with Crippen LogP contribution < -0.4 is 14.8 Å². The summed E-state index contributed by atoms with van der Waals surface area (Å²) in [4.78, 5) is 8.48. The van der Waals surface area contributed by atoms with Gasteiger partial charge in [0.1, 0.15) is 16.8 Å². The summed E-state index contributed by atoms with van der Waals surface area (Å²) in [6.45, 7) is 2.24. The van der Waals surface area contributed by atoms with Crippen LogP contribution >= 0.6 is 11.6 Å². The molecule has 5 nitrogen and oxygen atoms in total. The van der Waals surface area contributed by atoms with Gasteiger partial charge in [0.05, 0.1) is 0 Å². The molecule has 6 heteroatoms. The van der Waals surface area contributed by atoms with Crippen molar-refractivity contribution in [2.45, 2.75) is 13.3 Å². The van der Waals surface area contributed by atoms with Crippen molar-refractivity contribution >= 4 is 23.1 Å². The van der Waals surface area contributed by atoms with E-state index in [1.54, 1.807) is 6.07 Å². The van der Waals surface area contributed by atoms with Crippen LogP contribution in [0.1, 0.15) is 12.7 Å². The molecule has 0 bridgehead atoms. The average molecular weight is 278 g/mol. The molecule has 0 fully saturated rings. The molecule has 0 saturated carbocycles. The van der Waals surface area contributed by atoms with E-state index in [0.29, 0.717) is 16.8 Å². The number of nitrogens with zero attached hydrogens (tertiary/aromatic N) is 2. The number of hydrogen-bond donors (Lipinski definition) is 1. The molecule has 0 atom stereocenters. The summed E-state index contributed by atoms with van der Waals surface area (Å²) in [5.74, 6) is 2.84. The highest BCUT2D eigenvalue weighted by Crippen LogP contribution is 2.35. The number of ether oxygens (including phenoxy) is 2. The fourth-order valence-corrected chi connectivity index (χ4v) is 2.01. The van der Waals surface area contributed by atoms with E-state index in [2.05, 4.69) is 15.3 Å². The van der Waals surface area contributed by atoms with E-state index in [1.165, 1.54) is 0 Å². The topological polar surface area (TPSA) is 56.3 Å². The maximum Gasteiger partial charge on any atom is 0.231 e. The maximum atomic E-state index is 5.95. The largest absolute Gasteiger partial charge is 0.454 e. The summed E-state index contributed by atoms with van der Waals surface area (Å²) in [5.41, 5.74) is 0.862. The van der Waals surface area contributed by atoms with Crippen LogP contribution in [-0.2, 0) is 6.42 Å². The first-order chi connectivity index (χ1) is 9.24. The molecule has 0 aliphatic carbocycles. The predicted molar refractivity (Wildman–Crippen MR) is 72.3 cm³/mol. The van der Waals surface area contributed by atoms with Crippen molar-refractivity contribution in [2.24, 2.45) is 0 Å². The Morgan fingerprint density at radius 3 is 2.89 bits per heavy atom. The Kier molecular flexibility index (Phi) is 3.13. The van der Waals surface area contributed by atoms with Gasteiger partial charge < -0.3 is 14.8 Å². The van der Waals surface area contributed by atoms with E-state index in [0.717, 1.165) is 23.6 Å². The van der Waals surface area contributed by atoms with Crippen LogP contribution in [0.25, 0.3) is 0 Å². The Hall–Kier alpha value is -2.01. The molecule has 1 aliphatic heterocycles. The highest BCUT2D eigenvalue weighted by Gasteiger charge is 2.13. The minimum atomic E-state index is 0.262. The summed E-state index contributed by atoms with van der Waals surface area (Å²) in [7, 11) is 0. The Bertz CT molecular complexity index is 619. The number of fused-ring (bicyclic) bond motifs is 1. The SMILES string of the molecule is CCc1nc(Cl)cc(Nc2ccc3c(c2)OCO3)n1. The molecule has 3 rings (SSSR count). The van der Waals surface area contributed by atoms with Gasteiger partial charge in [-0.3, -0.25) is 0 Å². The number of aromatic nitrogens is 2. The van der Waals surface area contributed by atoms with E-state index in [-0.39, 0.29) is 6.79 Å². The van der Waals surface area contributed by atoms with E-state index < -0.39 is 0 Å². The zero-order chi connectivity index (χ0) is 13.2. The van der Waals surface area contributed by atoms with Gasteiger partial charge in [0.25, 0.3) is 0 Å². The van der Waals surface area contributed by atoms with Crippen LogP contribution in [0.3, 0.4) is 0 Å². The van der Waals surface area contributed by atoms with Crippen molar-refractivity contribution in [1.82, 2.24) is 9.97 Å². The van der Waals surface area contributed by atoms with Crippen LogP contribution in [-0.4, -0.2) is 16.8 Å². The van der Waals surface area contributed by atoms with Crippen LogP contribution in [0.4, 0.5) is 11.5 Å².